The molecule has 0 heterocycles. The summed E-state index contributed by atoms with van der Waals surface area (Å²) >= 11 is 0. The monoisotopic (exact) mass is 179 g/mol. The van der Waals surface area contributed by atoms with E-state index >= 15 is 0 Å². The first-order valence-corrected chi connectivity index (χ1v) is 6.17. The molecule has 1 heteroatoms. The van der Waals surface area contributed by atoms with Crippen molar-refractivity contribution >= 4 is 0 Å². The fraction of sp³-hybridized carbons (Fsp3) is 1.00. The van der Waals surface area contributed by atoms with Gasteiger partial charge in [0, 0.05) is 6.04 Å². The molecule has 3 saturated carbocycles. The van der Waals surface area contributed by atoms with Crippen LogP contribution in [0.25, 0.3) is 0 Å². The van der Waals surface area contributed by atoms with Gasteiger partial charge < -0.3 is 5.32 Å². The highest BCUT2D eigenvalue weighted by Crippen LogP contribution is 2.47. The summed E-state index contributed by atoms with van der Waals surface area (Å²) in [5.74, 6) is 3.32. The van der Waals surface area contributed by atoms with E-state index in [2.05, 4.69) is 5.32 Å². The second-order valence-electron chi connectivity index (χ2n) is 5.37. The molecule has 0 radical (unpaired) electrons. The molecule has 0 aromatic carbocycles. The average molecular weight is 179 g/mol. The molecule has 0 aromatic rings. The lowest BCUT2D eigenvalue weighted by atomic mass is 9.61. The highest BCUT2D eigenvalue weighted by molar-refractivity contribution is 4.92. The van der Waals surface area contributed by atoms with E-state index < -0.39 is 0 Å². The molecule has 2 atom stereocenters. The SMILES string of the molecule is C1CC(C2CCC2CNC2CC2)C1. The summed E-state index contributed by atoms with van der Waals surface area (Å²) < 4.78 is 0. The standard InChI is InChI=1S/C12H21N/c1-2-9(3-1)12-7-4-10(12)8-13-11-5-6-11/h9-13H,1-8H2. The van der Waals surface area contributed by atoms with Gasteiger partial charge >= 0.3 is 0 Å². The molecule has 3 fully saturated rings. The largest absolute Gasteiger partial charge is 0.314 e. The van der Waals surface area contributed by atoms with E-state index in [-0.39, 0.29) is 0 Å². The molecule has 1 nitrogen and oxygen atoms in total. The van der Waals surface area contributed by atoms with Crippen molar-refractivity contribution in [3.05, 3.63) is 0 Å². The first-order chi connectivity index (χ1) is 6.43. The van der Waals surface area contributed by atoms with Gasteiger partial charge in [0.2, 0.25) is 0 Å². The van der Waals surface area contributed by atoms with Gasteiger partial charge in [-0.2, -0.15) is 0 Å². The number of nitrogens with one attached hydrogen (secondary N) is 1. The molecule has 0 bridgehead atoms. The quantitative estimate of drug-likeness (QED) is 0.699. The van der Waals surface area contributed by atoms with Gasteiger partial charge in [0.1, 0.15) is 0 Å². The molecule has 2 unspecified atom stereocenters. The molecule has 0 aliphatic heterocycles. The molecule has 0 amide bonds. The lowest BCUT2D eigenvalue weighted by molar-refractivity contribution is 0.0557. The normalized spacial score (nSPS) is 39.7. The van der Waals surface area contributed by atoms with E-state index in [1.807, 2.05) is 0 Å². The van der Waals surface area contributed by atoms with Crippen LogP contribution in [0.2, 0.25) is 0 Å². The van der Waals surface area contributed by atoms with Crippen molar-refractivity contribution in [3.63, 3.8) is 0 Å². The maximum atomic E-state index is 3.69. The smallest absolute Gasteiger partial charge is 0.00683 e. The highest BCUT2D eigenvalue weighted by Gasteiger charge is 2.39. The average Bonchev–Trinajstić information content (AvgIpc) is 2.78. The Hall–Kier alpha value is -0.0400. The lowest BCUT2D eigenvalue weighted by Crippen LogP contribution is -2.41. The second-order valence-corrected chi connectivity index (χ2v) is 5.37. The first-order valence-electron chi connectivity index (χ1n) is 6.17. The molecular weight excluding hydrogens is 158 g/mol. The Kier molecular flexibility index (Phi) is 2.08. The summed E-state index contributed by atoms with van der Waals surface area (Å²) in [4.78, 5) is 0. The Morgan fingerprint density at radius 3 is 2.23 bits per heavy atom. The van der Waals surface area contributed by atoms with Gasteiger partial charge in [0.15, 0.2) is 0 Å². The van der Waals surface area contributed by atoms with Crippen molar-refractivity contribution in [2.75, 3.05) is 6.54 Å². The minimum atomic E-state index is 0.919. The summed E-state index contributed by atoms with van der Waals surface area (Å²) in [5.41, 5.74) is 0. The Labute approximate surface area is 81.3 Å². The van der Waals surface area contributed by atoms with Gasteiger partial charge in [-0.05, 0) is 50.0 Å². The predicted octanol–water partition coefficient (Wildman–Crippen LogP) is 2.56. The molecule has 0 aromatic heterocycles. The summed E-state index contributed by atoms with van der Waals surface area (Å²) in [5, 5.41) is 3.69. The zero-order valence-corrected chi connectivity index (χ0v) is 8.47. The Balaban J connectivity index is 1.42. The van der Waals surface area contributed by atoms with Crippen LogP contribution in [0.4, 0.5) is 0 Å². The van der Waals surface area contributed by atoms with Gasteiger partial charge in [-0.15, -0.1) is 0 Å². The third kappa shape index (κ3) is 1.63. The van der Waals surface area contributed by atoms with E-state index in [1.54, 1.807) is 19.3 Å². The van der Waals surface area contributed by atoms with Crippen LogP contribution in [0, 0.1) is 17.8 Å². The fourth-order valence-electron chi connectivity index (χ4n) is 2.94. The predicted molar refractivity (Wildman–Crippen MR) is 54.6 cm³/mol. The van der Waals surface area contributed by atoms with E-state index in [9.17, 15) is 0 Å². The molecule has 0 spiro atoms. The van der Waals surface area contributed by atoms with E-state index in [1.165, 1.54) is 32.2 Å². The van der Waals surface area contributed by atoms with Crippen molar-refractivity contribution in [2.24, 2.45) is 17.8 Å². The molecule has 74 valence electrons. The van der Waals surface area contributed by atoms with Crippen LogP contribution in [0.3, 0.4) is 0 Å². The maximum absolute atomic E-state index is 3.69. The second kappa shape index (κ2) is 3.27. The zero-order valence-electron chi connectivity index (χ0n) is 8.47. The highest BCUT2D eigenvalue weighted by atomic mass is 14.9. The van der Waals surface area contributed by atoms with Crippen molar-refractivity contribution < 1.29 is 0 Å². The van der Waals surface area contributed by atoms with Gasteiger partial charge in [-0.25, -0.2) is 0 Å². The lowest BCUT2D eigenvalue weighted by Gasteiger charge is -2.46. The van der Waals surface area contributed by atoms with E-state index in [0.29, 0.717) is 0 Å². The number of hydrogen-bond donors (Lipinski definition) is 1. The van der Waals surface area contributed by atoms with Crippen LogP contribution in [0.1, 0.15) is 44.9 Å². The van der Waals surface area contributed by atoms with Crippen LogP contribution < -0.4 is 5.32 Å². The van der Waals surface area contributed by atoms with Gasteiger partial charge in [0.05, 0.1) is 0 Å². The van der Waals surface area contributed by atoms with Crippen LogP contribution in [-0.2, 0) is 0 Å². The Morgan fingerprint density at radius 1 is 0.923 bits per heavy atom. The molecule has 1 N–H and O–H groups in total. The number of rotatable bonds is 4. The maximum Gasteiger partial charge on any atom is 0.00683 e. The van der Waals surface area contributed by atoms with Gasteiger partial charge in [-0.3, -0.25) is 0 Å². The van der Waals surface area contributed by atoms with Crippen molar-refractivity contribution in [3.8, 4) is 0 Å². The van der Waals surface area contributed by atoms with Crippen molar-refractivity contribution in [2.45, 2.75) is 51.0 Å². The summed E-state index contributed by atoms with van der Waals surface area (Å²) in [7, 11) is 0. The third-order valence-corrected chi connectivity index (χ3v) is 4.48. The molecule has 3 rings (SSSR count). The third-order valence-electron chi connectivity index (χ3n) is 4.48. The van der Waals surface area contributed by atoms with Crippen LogP contribution >= 0.6 is 0 Å². The van der Waals surface area contributed by atoms with Crippen molar-refractivity contribution in [1.82, 2.24) is 5.32 Å². The van der Waals surface area contributed by atoms with Crippen LogP contribution in [0.15, 0.2) is 0 Å². The molecular formula is C12H21N. The summed E-state index contributed by atoms with van der Waals surface area (Å²) in [6.45, 7) is 1.34. The molecule has 13 heavy (non-hydrogen) atoms. The van der Waals surface area contributed by atoms with Crippen LogP contribution in [0.5, 0.6) is 0 Å². The fourth-order valence-corrected chi connectivity index (χ4v) is 2.94. The Morgan fingerprint density at radius 2 is 1.77 bits per heavy atom. The van der Waals surface area contributed by atoms with Gasteiger partial charge in [0.25, 0.3) is 0 Å². The zero-order chi connectivity index (χ0) is 8.67. The van der Waals surface area contributed by atoms with E-state index in [4.69, 9.17) is 0 Å². The minimum Gasteiger partial charge on any atom is -0.314 e. The molecule has 0 saturated heterocycles. The summed E-state index contributed by atoms with van der Waals surface area (Å²) in [6, 6.07) is 0.919. The topological polar surface area (TPSA) is 12.0 Å². The summed E-state index contributed by atoms with van der Waals surface area (Å²) in [6.07, 6.45) is 10.6. The Bertz CT molecular complexity index is 182. The minimum absolute atomic E-state index is 0.919. The van der Waals surface area contributed by atoms with Crippen molar-refractivity contribution in [1.29, 1.82) is 0 Å². The molecule has 3 aliphatic rings. The number of hydrogen-bond acceptors (Lipinski definition) is 1. The van der Waals surface area contributed by atoms with Gasteiger partial charge in [-0.1, -0.05) is 19.3 Å². The van der Waals surface area contributed by atoms with Crippen LogP contribution in [-0.4, -0.2) is 12.6 Å². The first kappa shape index (κ1) is 8.28. The molecule has 3 aliphatic carbocycles. The van der Waals surface area contributed by atoms with E-state index in [0.717, 1.165) is 23.8 Å².